The van der Waals surface area contributed by atoms with E-state index in [0.29, 0.717) is 6.54 Å². The molecule has 14 heavy (non-hydrogen) atoms. The molecule has 1 aromatic rings. The number of rotatable bonds is 2. The molecule has 1 aromatic heterocycles. The predicted octanol–water partition coefficient (Wildman–Crippen LogP) is 0.320. The number of hydrogen-bond acceptors (Lipinski definition) is 3. The topological polar surface area (TPSA) is 72.8 Å². The zero-order chi connectivity index (χ0) is 10.1. The van der Waals surface area contributed by atoms with Gasteiger partial charge in [0.05, 0.1) is 0 Å². The number of nitrogens with two attached hydrogens (primary N) is 2. The molecule has 1 atom stereocenters. The van der Waals surface area contributed by atoms with Crippen molar-refractivity contribution in [1.29, 1.82) is 0 Å². The minimum absolute atomic E-state index is 0.280. The van der Waals surface area contributed by atoms with Gasteiger partial charge in [0.1, 0.15) is 0 Å². The van der Waals surface area contributed by atoms with Gasteiger partial charge in [-0.3, -0.25) is 0 Å². The monoisotopic (exact) mass is 212 g/mol. The van der Waals surface area contributed by atoms with Gasteiger partial charge in [-0.05, 0) is 25.1 Å². The zero-order valence-corrected chi connectivity index (χ0v) is 8.94. The fraction of sp³-hybridized carbons (Fsp3) is 0.667. The summed E-state index contributed by atoms with van der Waals surface area (Å²) >= 11 is 5.24. The Morgan fingerprint density at radius 1 is 1.57 bits per heavy atom. The highest BCUT2D eigenvalue weighted by molar-refractivity contribution is 7.71. The molecule has 1 aliphatic rings. The van der Waals surface area contributed by atoms with Crippen molar-refractivity contribution in [3.63, 3.8) is 0 Å². The molecule has 0 radical (unpaired) electrons. The molecule has 1 aliphatic carbocycles. The maximum atomic E-state index is 5.89. The van der Waals surface area contributed by atoms with Gasteiger partial charge in [0.15, 0.2) is 4.77 Å². The summed E-state index contributed by atoms with van der Waals surface area (Å²) in [4.78, 5) is 3.22. The minimum atomic E-state index is 0.280. The van der Waals surface area contributed by atoms with Gasteiger partial charge in [-0.2, -0.15) is 0 Å². The van der Waals surface area contributed by atoms with E-state index in [9.17, 15) is 0 Å². The van der Waals surface area contributed by atoms with Crippen molar-refractivity contribution in [1.82, 2.24) is 9.55 Å². The molecule has 78 valence electrons. The standard InChI is InChI=1S/C9H16N4S/c10-3-4-13-8-2-1-6(11)5-7(8)12-9(13)14/h6H,1-5,10-11H2,(H,12,14). The van der Waals surface area contributed by atoms with Crippen molar-refractivity contribution in [2.75, 3.05) is 6.54 Å². The lowest BCUT2D eigenvalue weighted by Crippen LogP contribution is -2.29. The van der Waals surface area contributed by atoms with E-state index in [-0.39, 0.29) is 6.04 Å². The molecule has 0 aromatic carbocycles. The number of imidazole rings is 1. The van der Waals surface area contributed by atoms with Crippen LogP contribution >= 0.6 is 12.2 Å². The van der Waals surface area contributed by atoms with E-state index in [0.717, 1.165) is 30.6 Å². The molecular weight excluding hydrogens is 196 g/mol. The summed E-state index contributed by atoms with van der Waals surface area (Å²) in [6.07, 6.45) is 2.98. The number of H-pyrrole nitrogens is 1. The van der Waals surface area contributed by atoms with E-state index in [2.05, 4.69) is 9.55 Å². The number of fused-ring (bicyclic) bond motifs is 1. The highest BCUT2D eigenvalue weighted by Crippen LogP contribution is 2.20. The lowest BCUT2D eigenvalue weighted by molar-refractivity contribution is 0.541. The maximum absolute atomic E-state index is 5.89. The van der Waals surface area contributed by atoms with Crippen molar-refractivity contribution >= 4 is 12.2 Å². The van der Waals surface area contributed by atoms with Gasteiger partial charge in [0, 0.05) is 36.9 Å². The van der Waals surface area contributed by atoms with Crippen LogP contribution in [-0.4, -0.2) is 22.1 Å². The third-order valence-corrected chi connectivity index (χ3v) is 3.07. The van der Waals surface area contributed by atoms with Gasteiger partial charge >= 0.3 is 0 Å². The zero-order valence-electron chi connectivity index (χ0n) is 8.12. The second-order valence-corrected chi connectivity index (χ2v) is 4.19. The molecule has 1 unspecified atom stereocenters. The Morgan fingerprint density at radius 3 is 3.07 bits per heavy atom. The van der Waals surface area contributed by atoms with Crippen molar-refractivity contribution in [3.8, 4) is 0 Å². The van der Waals surface area contributed by atoms with E-state index in [4.69, 9.17) is 23.7 Å². The number of nitrogens with one attached hydrogen (secondary N) is 1. The summed E-state index contributed by atoms with van der Waals surface area (Å²) in [5.74, 6) is 0. The first-order chi connectivity index (χ1) is 6.72. The molecule has 0 aliphatic heterocycles. The Labute approximate surface area is 88.3 Å². The molecule has 0 fully saturated rings. The Kier molecular flexibility index (Phi) is 2.71. The first kappa shape index (κ1) is 9.89. The SMILES string of the molecule is NCCn1c2c([nH]c1=S)CC(N)CC2. The maximum Gasteiger partial charge on any atom is 0.177 e. The second kappa shape index (κ2) is 3.84. The molecule has 0 bridgehead atoms. The molecule has 0 spiro atoms. The lowest BCUT2D eigenvalue weighted by atomic mass is 9.97. The molecule has 5 N–H and O–H groups in total. The van der Waals surface area contributed by atoms with Gasteiger partial charge in [0.2, 0.25) is 0 Å². The average molecular weight is 212 g/mol. The molecule has 4 nitrogen and oxygen atoms in total. The van der Waals surface area contributed by atoms with Crippen LogP contribution < -0.4 is 11.5 Å². The van der Waals surface area contributed by atoms with E-state index >= 15 is 0 Å². The smallest absolute Gasteiger partial charge is 0.177 e. The predicted molar refractivity (Wildman–Crippen MR) is 58.7 cm³/mol. The van der Waals surface area contributed by atoms with Gasteiger partial charge in [-0.1, -0.05) is 0 Å². The van der Waals surface area contributed by atoms with E-state index in [1.807, 2.05) is 0 Å². The summed E-state index contributed by atoms with van der Waals surface area (Å²) < 4.78 is 2.89. The van der Waals surface area contributed by atoms with Crippen LogP contribution in [0.25, 0.3) is 0 Å². The fourth-order valence-electron chi connectivity index (χ4n) is 2.06. The molecule has 0 saturated carbocycles. The Balaban J connectivity index is 2.38. The fourth-order valence-corrected chi connectivity index (χ4v) is 2.39. The molecule has 5 heteroatoms. The summed E-state index contributed by atoms with van der Waals surface area (Å²) in [5.41, 5.74) is 14.0. The van der Waals surface area contributed by atoms with Gasteiger partial charge in [-0.25, -0.2) is 0 Å². The highest BCUT2D eigenvalue weighted by Gasteiger charge is 2.19. The molecule has 0 saturated heterocycles. The summed E-state index contributed by atoms with van der Waals surface area (Å²) in [6, 6.07) is 0.280. The van der Waals surface area contributed by atoms with Crippen LogP contribution in [0.5, 0.6) is 0 Å². The van der Waals surface area contributed by atoms with Gasteiger partial charge in [0.25, 0.3) is 0 Å². The van der Waals surface area contributed by atoms with Crippen LogP contribution in [0.4, 0.5) is 0 Å². The Bertz CT molecular complexity index is 379. The van der Waals surface area contributed by atoms with Crippen LogP contribution in [0.2, 0.25) is 0 Å². The first-order valence-electron chi connectivity index (χ1n) is 4.98. The van der Waals surface area contributed by atoms with E-state index < -0.39 is 0 Å². The van der Waals surface area contributed by atoms with Gasteiger partial charge < -0.3 is 21.0 Å². The van der Waals surface area contributed by atoms with Gasteiger partial charge in [-0.15, -0.1) is 0 Å². The Hall–Kier alpha value is -0.650. The normalized spacial score (nSPS) is 20.9. The number of hydrogen-bond donors (Lipinski definition) is 3. The second-order valence-electron chi connectivity index (χ2n) is 3.80. The molecule has 0 amide bonds. The van der Waals surface area contributed by atoms with Crippen molar-refractivity contribution in [3.05, 3.63) is 16.2 Å². The summed E-state index contributed by atoms with van der Waals surface area (Å²) in [6.45, 7) is 1.44. The summed E-state index contributed by atoms with van der Waals surface area (Å²) in [7, 11) is 0. The quantitative estimate of drug-likeness (QED) is 0.618. The lowest BCUT2D eigenvalue weighted by Gasteiger charge is -2.19. The number of aromatic amines is 1. The van der Waals surface area contributed by atoms with Crippen LogP contribution in [0.1, 0.15) is 17.8 Å². The van der Waals surface area contributed by atoms with E-state index in [1.54, 1.807) is 0 Å². The first-order valence-corrected chi connectivity index (χ1v) is 5.39. The largest absolute Gasteiger partial charge is 0.334 e. The minimum Gasteiger partial charge on any atom is -0.334 e. The summed E-state index contributed by atoms with van der Waals surface area (Å²) in [5, 5.41) is 0. The van der Waals surface area contributed by atoms with Crippen molar-refractivity contribution in [2.45, 2.75) is 31.8 Å². The van der Waals surface area contributed by atoms with Crippen molar-refractivity contribution < 1.29 is 0 Å². The van der Waals surface area contributed by atoms with Crippen LogP contribution in [0.3, 0.4) is 0 Å². The van der Waals surface area contributed by atoms with Crippen molar-refractivity contribution in [2.24, 2.45) is 11.5 Å². The molecular formula is C9H16N4S. The van der Waals surface area contributed by atoms with Crippen LogP contribution in [-0.2, 0) is 19.4 Å². The van der Waals surface area contributed by atoms with Crippen LogP contribution in [0.15, 0.2) is 0 Å². The third-order valence-electron chi connectivity index (χ3n) is 2.75. The highest BCUT2D eigenvalue weighted by atomic mass is 32.1. The molecule has 2 rings (SSSR count). The van der Waals surface area contributed by atoms with Crippen LogP contribution in [0, 0.1) is 4.77 Å². The molecule has 1 heterocycles. The van der Waals surface area contributed by atoms with E-state index in [1.165, 1.54) is 11.4 Å². The average Bonchev–Trinajstić information content (AvgIpc) is 2.43. The Morgan fingerprint density at radius 2 is 2.36 bits per heavy atom. The number of aromatic nitrogens is 2. The number of nitrogens with zero attached hydrogens (tertiary/aromatic N) is 1. The third kappa shape index (κ3) is 1.63.